The Bertz CT molecular complexity index is 213. The Morgan fingerprint density at radius 1 is 1.67 bits per heavy atom. The minimum Gasteiger partial charge on any atom is -0.437 e. The van der Waals surface area contributed by atoms with E-state index in [1.54, 1.807) is 0 Å². The number of nitrogens with zero attached hydrogens (tertiary/aromatic N) is 1. The fourth-order valence-corrected chi connectivity index (χ4v) is 1.23. The molecule has 1 rings (SSSR count). The zero-order valence-corrected chi connectivity index (χ0v) is 7.63. The highest BCUT2D eigenvalue weighted by molar-refractivity contribution is 6.01. The van der Waals surface area contributed by atoms with Crippen molar-refractivity contribution in [3.63, 3.8) is 0 Å². The number of nitrogens with one attached hydrogen (secondary N) is 1. The quantitative estimate of drug-likeness (QED) is 0.682. The second kappa shape index (κ2) is 3.13. The number of likely N-dealkylation sites (N-methyl/N-ethyl adjacent to an activating group) is 1. The minimum absolute atomic E-state index is 0.179. The Hall–Kier alpha value is -1.06. The van der Waals surface area contributed by atoms with Gasteiger partial charge in [0.1, 0.15) is 5.84 Å². The van der Waals surface area contributed by atoms with Crippen LogP contribution in [0, 0.1) is 11.3 Å². The molecule has 4 nitrogen and oxygen atoms in total. The van der Waals surface area contributed by atoms with Crippen LogP contribution in [0.15, 0.2) is 0 Å². The number of ether oxygens (including phenoxy) is 1. The lowest BCUT2D eigenvalue weighted by Gasteiger charge is -2.13. The van der Waals surface area contributed by atoms with E-state index in [0.717, 1.165) is 0 Å². The summed E-state index contributed by atoms with van der Waals surface area (Å²) in [6, 6.07) is 0. The van der Waals surface area contributed by atoms with E-state index in [2.05, 4.69) is 0 Å². The van der Waals surface area contributed by atoms with Crippen LogP contribution in [0.3, 0.4) is 0 Å². The van der Waals surface area contributed by atoms with Gasteiger partial charge in [0.2, 0.25) is 0 Å². The van der Waals surface area contributed by atoms with E-state index in [1.807, 2.05) is 20.8 Å². The maximum absolute atomic E-state index is 11.1. The summed E-state index contributed by atoms with van der Waals surface area (Å²) in [4.78, 5) is 12.4. The average molecular weight is 170 g/mol. The number of hydrogen-bond acceptors (Lipinski definition) is 3. The summed E-state index contributed by atoms with van der Waals surface area (Å²) in [5.74, 6) is 0.468. The molecule has 1 saturated heterocycles. The first-order chi connectivity index (χ1) is 5.57. The molecule has 1 amide bonds. The van der Waals surface area contributed by atoms with E-state index in [4.69, 9.17) is 10.1 Å². The van der Waals surface area contributed by atoms with Gasteiger partial charge in [0.05, 0.1) is 0 Å². The predicted molar refractivity (Wildman–Crippen MR) is 45.2 cm³/mol. The Morgan fingerprint density at radius 3 is 2.50 bits per heavy atom. The summed E-state index contributed by atoms with van der Waals surface area (Å²) in [5, 5.41) is 7.60. The SMILES string of the molecule is CCN1C(=N)C(C(C)C)OC1=O. The molecule has 1 atom stereocenters. The largest absolute Gasteiger partial charge is 0.437 e. The van der Waals surface area contributed by atoms with E-state index < -0.39 is 0 Å². The number of amides is 1. The highest BCUT2D eigenvalue weighted by Gasteiger charge is 2.37. The summed E-state index contributed by atoms with van der Waals surface area (Å²) < 4.78 is 5.00. The predicted octanol–water partition coefficient (Wildman–Crippen LogP) is 1.46. The maximum Gasteiger partial charge on any atom is 0.416 e. The van der Waals surface area contributed by atoms with Crippen molar-refractivity contribution < 1.29 is 9.53 Å². The van der Waals surface area contributed by atoms with Crippen LogP contribution in [0.1, 0.15) is 20.8 Å². The second-order valence-corrected chi connectivity index (χ2v) is 3.18. The van der Waals surface area contributed by atoms with Gasteiger partial charge in [0.25, 0.3) is 0 Å². The fourth-order valence-electron chi connectivity index (χ4n) is 1.23. The highest BCUT2D eigenvalue weighted by atomic mass is 16.6. The molecule has 1 N–H and O–H groups in total. The first kappa shape index (κ1) is 9.03. The van der Waals surface area contributed by atoms with Crippen molar-refractivity contribution in [3.05, 3.63) is 0 Å². The molecule has 1 fully saturated rings. The molecule has 0 bridgehead atoms. The number of amidine groups is 1. The first-order valence-electron chi connectivity index (χ1n) is 4.14. The van der Waals surface area contributed by atoms with Gasteiger partial charge in [-0.2, -0.15) is 0 Å². The lowest BCUT2D eigenvalue weighted by molar-refractivity contribution is 0.118. The van der Waals surface area contributed by atoms with Crippen molar-refractivity contribution in [2.24, 2.45) is 5.92 Å². The number of carbonyl (C=O) groups is 1. The van der Waals surface area contributed by atoms with Crippen LogP contribution in [-0.4, -0.2) is 29.5 Å². The maximum atomic E-state index is 11.1. The molecule has 1 aliphatic rings. The van der Waals surface area contributed by atoms with Gasteiger partial charge in [-0.1, -0.05) is 13.8 Å². The molecular formula is C8H14N2O2. The first-order valence-corrected chi connectivity index (χ1v) is 4.14. The second-order valence-electron chi connectivity index (χ2n) is 3.18. The summed E-state index contributed by atoms with van der Waals surface area (Å²) in [6.07, 6.45) is -0.737. The average Bonchev–Trinajstić information content (AvgIpc) is 2.27. The van der Waals surface area contributed by atoms with Gasteiger partial charge >= 0.3 is 6.09 Å². The van der Waals surface area contributed by atoms with Crippen LogP contribution in [-0.2, 0) is 4.74 Å². The molecule has 1 aliphatic heterocycles. The molecule has 0 aliphatic carbocycles. The smallest absolute Gasteiger partial charge is 0.416 e. The van der Waals surface area contributed by atoms with Crippen LogP contribution < -0.4 is 0 Å². The van der Waals surface area contributed by atoms with E-state index in [0.29, 0.717) is 6.54 Å². The molecule has 4 heteroatoms. The fraction of sp³-hybridized carbons (Fsp3) is 0.750. The Morgan fingerprint density at radius 2 is 2.25 bits per heavy atom. The van der Waals surface area contributed by atoms with E-state index in [1.165, 1.54) is 4.90 Å². The monoisotopic (exact) mass is 170 g/mol. The molecule has 0 aromatic heterocycles. The van der Waals surface area contributed by atoms with Crippen molar-refractivity contribution in [1.29, 1.82) is 5.41 Å². The zero-order chi connectivity index (χ0) is 9.30. The Kier molecular flexibility index (Phi) is 2.35. The van der Waals surface area contributed by atoms with Crippen molar-refractivity contribution >= 4 is 11.9 Å². The van der Waals surface area contributed by atoms with Crippen LogP contribution in [0.4, 0.5) is 4.79 Å². The number of hydrogen-bond donors (Lipinski definition) is 1. The molecule has 12 heavy (non-hydrogen) atoms. The van der Waals surface area contributed by atoms with Crippen LogP contribution in [0.2, 0.25) is 0 Å². The number of cyclic esters (lactones) is 1. The van der Waals surface area contributed by atoms with Crippen molar-refractivity contribution in [2.75, 3.05) is 6.54 Å². The van der Waals surface area contributed by atoms with E-state index in [9.17, 15) is 4.79 Å². The summed E-state index contributed by atoms with van der Waals surface area (Å²) >= 11 is 0. The standard InChI is InChI=1S/C8H14N2O2/c1-4-10-7(9)6(5(2)3)12-8(10)11/h5-6,9H,4H2,1-3H3. The van der Waals surface area contributed by atoms with Gasteiger partial charge < -0.3 is 4.74 Å². The molecule has 1 unspecified atom stereocenters. The van der Waals surface area contributed by atoms with Gasteiger partial charge in [-0.3, -0.25) is 10.3 Å². The van der Waals surface area contributed by atoms with Gasteiger partial charge in [-0.25, -0.2) is 4.79 Å². The third kappa shape index (κ3) is 1.29. The Balaban J connectivity index is 2.75. The molecule has 1 heterocycles. The van der Waals surface area contributed by atoms with Crippen molar-refractivity contribution in [3.8, 4) is 0 Å². The third-order valence-electron chi connectivity index (χ3n) is 1.93. The topological polar surface area (TPSA) is 53.4 Å². The lowest BCUT2D eigenvalue weighted by atomic mass is 10.1. The van der Waals surface area contributed by atoms with E-state index >= 15 is 0 Å². The summed E-state index contributed by atoms with van der Waals surface area (Å²) in [7, 11) is 0. The molecular weight excluding hydrogens is 156 g/mol. The van der Waals surface area contributed by atoms with Crippen molar-refractivity contribution in [1.82, 2.24) is 4.90 Å². The molecule has 0 spiro atoms. The van der Waals surface area contributed by atoms with Crippen LogP contribution >= 0.6 is 0 Å². The number of rotatable bonds is 2. The molecule has 0 radical (unpaired) electrons. The van der Waals surface area contributed by atoms with Gasteiger partial charge in [-0.15, -0.1) is 0 Å². The molecule has 68 valence electrons. The summed E-state index contributed by atoms with van der Waals surface area (Å²) in [5.41, 5.74) is 0. The molecule has 0 saturated carbocycles. The minimum atomic E-state index is -0.388. The number of carbonyl (C=O) groups excluding carboxylic acids is 1. The molecule has 0 aromatic rings. The van der Waals surface area contributed by atoms with Gasteiger partial charge in [0, 0.05) is 6.54 Å². The van der Waals surface area contributed by atoms with Crippen LogP contribution in [0.25, 0.3) is 0 Å². The van der Waals surface area contributed by atoms with Gasteiger partial charge in [0.15, 0.2) is 6.10 Å². The summed E-state index contributed by atoms with van der Waals surface area (Å²) in [6.45, 7) is 6.22. The van der Waals surface area contributed by atoms with Crippen LogP contribution in [0.5, 0.6) is 0 Å². The van der Waals surface area contributed by atoms with E-state index in [-0.39, 0.29) is 24.0 Å². The van der Waals surface area contributed by atoms with Gasteiger partial charge in [-0.05, 0) is 12.8 Å². The van der Waals surface area contributed by atoms with Crippen molar-refractivity contribution in [2.45, 2.75) is 26.9 Å². The normalized spacial score (nSPS) is 23.7. The zero-order valence-electron chi connectivity index (χ0n) is 7.63. The molecule has 0 aromatic carbocycles. The third-order valence-corrected chi connectivity index (χ3v) is 1.93. The lowest BCUT2D eigenvalue weighted by Crippen LogP contribution is -2.32. The highest BCUT2D eigenvalue weighted by Crippen LogP contribution is 2.19. The Labute approximate surface area is 72.0 Å².